The Hall–Kier alpha value is -3.82. The van der Waals surface area contributed by atoms with E-state index >= 15 is 0 Å². The van der Waals surface area contributed by atoms with E-state index in [1.165, 1.54) is 29.4 Å². The number of hydrogen-bond acceptors (Lipinski definition) is 8. The lowest BCUT2D eigenvalue weighted by Gasteiger charge is -2.19. The average molecular weight is 411 g/mol. The normalized spacial score (nSPS) is 11.2. The average Bonchev–Trinajstić information content (AvgIpc) is 2.68. The third-order valence-electron chi connectivity index (χ3n) is 3.79. The molecule has 30 heavy (non-hydrogen) atoms. The molecule has 0 aliphatic rings. The van der Waals surface area contributed by atoms with Crippen molar-refractivity contribution in [2.24, 2.45) is 0 Å². The second-order valence-electron chi connectivity index (χ2n) is 7.23. The summed E-state index contributed by atoms with van der Waals surface area (Å²) in [6.07, 6.45) is 5.03. The summed E-state index contributed by atoms with van der Waals surface area (Å²) in [5.41, 5.74) is -0.509. The molecule has 3 aromatic rings. The summed E-state index contributed by atoms with van der Waals surface area (Å²) in [4.78, 5) is 49.2. The van der Waals surface area contributed by atoms with E-state index < -0.39 is 23.1 Å². The van der Waals surface area contributed by atoms with Gasteiger partial charge in [-0.05, 0) is 39.8 Å². The molecule has 3 heterocycles. The molecule has 3 rings (SSSR count). The van der Waals surface area contributed by atoms with E-state index in [2.05, 4.69) is 20.3 Å². The summed E-state index contributed by atoms with van der Waals surface area (Å²) in [5.74, 6) is -0.692. The Labute approximate surface area is 171 Å². The summed E-state index contributed by atoms with van der Waals surface area (Å²) < 4.78 is 11.7. The van der Waals surface area contributed by atoms with Crippen molar-refractivity contribution < 1.29 is 19.1 Å². The zero-order chi connectivity index (χ0) is 21.9. The third-order valence-corrected chi connectivity index (χ3v) is 3.79. The SMILES string of the molecule is CCOC(=O)c1cn(-c2cnc(NC(=O)OC(C)(C)C)nc2)c2ncccc2c1=O. The first kappa shape index (κ1) is 20.9. The fourth-order valence-electron chi connectivity index (χ4n) is 2.62. The van der Waals surface area contributed by atoms with Crippen molar-refractivity contribution >= 4 is 29.0 Å². The van der Waals surface area contributed by atoms with Gasteiger partial charge in [-0.2, -0.15) is 0 Å². The number of nitrogens with zero attached hydrogens (tertiary/aromatic N) is 4. The molecule has 0 aliphatic carbocycles. The van der Waals surface area contributed by atoms with Gasteiger partial charge in [-0.3, -0.25) is 14.7 Å². The van der Waals surface area contributed by atoms with Crippen LogP contribution in [0.1, 0.15) is 38.1 Å². The molecule has 10 nitrogen and oxygen atoms in total. The van der Waals surface area contributed by atoms with Gasteiger partial charge in [0, 0.05) is 12.4 Å². The summed E-state index contributed by atoms with van der Waals surface area (Å²) in [6, 6.07) is 3.18. The van der Waals surface area contributed by atoms with Gasteiger partial charge in [-0.1, -0.05) is 0 Å². The van der Waals surface area contributed by atoms with Crippen LogP contribution in [0.4, 0.5) is 10.7 Å². The number of rotatable bonds is 4. The molecule has 0 bridgehead atoms. The Morgan fingerprint density at radius 2 is 1.87 bits per heavy atom. The minimum Gasteiger partial charge on any atom is -0.462 e. The van der Waals surface area contributed by atoms with Crippen molar-refractivity contribution in [2.75, 3.05) is 11.9 Å². The minimum absolute atomic E-state index is 0.0388. The largest absolute Gasteiger partial charge is 0.462 e. The Balaban J connectivity index is 2.00. The number of ether oxygens (including phenoxy) is 2. The van der Waals surface area contributed by atoms with Crippen molar-refractivity contribution in [2.45, 2.75) is 33.3 Å². The van der Waals surface area contributed by atoms with Crippen LogP contribution in [0.2, 0.25) is 0 Å². The van der Waals surface area contributed by atoms with Crippen LogP contribution in [0.25, 0.3) is 16.7 Å². The number of nitrogens with one attached hydrogen (secondary N) is 1. The lowest BCUT2D eigenvalue weighted by Crippen LogP contribution is -2.27. The lowest BCUT2D eigenvalue weighted by atomic mass is 10.2. The number of aromatic nitrogens is 4. The highest BCUT2D eigenvalue weighted by Gasteiger charge is 2.19. The topological polar surface area (TPSA) is 125 Å². The maximum atomic E-state index is 12.7. The van der Waals surface area contributed by atoms with Gasteiger partial charge in [0.1, 0.15) is 16.8 Å². The number of anilines is 1. The number of amides is 1. The maximum absolute atomic E-state index is 12.7. The lowest BCUT2D eigenvalue weighted by molar-refractivity contribution is 0.0523. The second-order valence-corrected chi connectivity index (χ2v) is 7.23. The number of hydrogen-bond donors (Lipinski definition) is 1. The van der Waals surface area contributed by atoms with Gasteiger partial charge in [-0.15, -0.1) is 0 Å². The summed E-state index contributed by atoms with van der Waals surface area (Å²) in [5, 5.41) is 2.69. The van der Waals surface area contributed by atoms with Gasteiger partial charge in [-0.25, -0.2) is 24.5 Å². The molecule has 0 saturated heterocycles. The minimum atomic E-state index is -0.730. The third kappa shape index (κ3) is 4.59. The first-order valence-corrected chi connectivity index (χ1v) is 9.19. The molecular formula is C20H21N5O5. The molecule has 0 aromatic carbocycles. The number of pyridine rings is 2. The Morgan fingerprint density at radius 3 is 2.50 bits per heavy atom. The molecule has 0 fully saturated rings. The molecule has 0 radical (unpaired) electrons. The summed E-state index contributed by atoms with van der Waals surface area (Å²) >= 11 is 0. The summed E-state index contributed by atoms with van der Waals surface area (Å²) in [6.45, 7) is 7.02. The Morgan fingerprint density at radius 1 is 1.17 bits per heavy atom. The van der Waals surface area contributed by atoms with E-state index in [-0.39, 0.29) is 23.5 Å². The van der Waals surface area contributed by atoms with Gasteiger partial charge in [0.2, 0.25) is 11.4 Å². The number of carbonyl (C=O) groups is 2. The van der Waals surface area contributed by atoms with E-state index in [9.17, 15) is 14.4 Å². The van der Waals surface area contributed by atoms with Crippen LogP contribution in [0.15, 0.2) is 41.7 Å². The Bertz CT molecular complexity index is 1150. The molecular weight excluding hydrogens is 390 g/mol. The molecule has 0 spiro atoms. The van der Waals surface area contributed by atoms with Gasteiger partial charge in [0.15, 0.2) is 0 Å². The molecule has 1 N–H and O–H groups in total. The molecule has 3 aromatic heterocycles. The maximum Gasteiger partial charge on any atom is 0.414 e. The van der Waals surface area contributed by atoms with Crippen molar-refractivity contribution in [1.82, 2.24) is 19.5 Å². The van der Waals surface area contributed by atoms with Crippen molar-refractivity contribution in [3.63, 3.8) is 0 Å². The molecule has 0 unspecified atom stereocenters. The van der Waals surface area contributed by atoms with Crippen LogP contribution in [-0.4, -0.2) is 43.8 Å². The highest BCUT2D eigenvalue weighted by Crippen LogP contribution is 2.16. The standard InChI is InChI=1S/C20H21N5O5/c1-5-29-17(27)14-11-25(16-13(15(14)26)7-6-8-21-16)12-9-22-18(23-10-12)24-19(28)30-20(2,3)4/h6-11H,5H2,1-4H3,(H,22,23,24,28). The van der Waals surface area contributed by atoms with Gasteiger partial charge in [0.05, 0.1) is 30.1 Å². The van der Waals surface area contributed by atoms with E-state index in [0.717, 1.165) is 0 Å². The predicted octanol–water partition coefficient (Wildman–Crippen LogP) is 2.70. The Kier molecular flexibility index (Phi) is 5.77. The highest BCUT2D eigenvalue weighted by molar-refractivity contribution is 5.93. The highest BCUT2D eigenvalue weighted by atomic mass is 16.6. The molecule has 0 atom stereocenters. The van der Waals surface area contributed by atoms with Crippen LogP contribution in [-0.2, 0) is 9.47 Å². The summed E-state index contributed by atoms with van der Waals surface area (Å²) in [7, 11) is 0. The van der Waals surface area contributed by atoms with Crippen LogP contribution in [0.5, 0.6) is 0 Å². The first-order valence-electron chi connectivity index (χ1n) is 9.19. The predicted molar refractivity (Wildman–Crippen MR) is 109 cm³/mol. The van der Waals surface area contributed by atoms with Crippen LogP contribution in [0, 0.1) is 0 Å². The molecule has 0 saturated carbocycles. The number of fused-ring (bicyclic) bond motifs is 1. The molecule has 0 aliphatic heterocycles. The van der Waals surface area contributed by atoms with Crippen LogP contribution < -0.4 is 10.7 Å². The fourth-order valence-corrected chi connectivity index (χ4v) is 2.62. The van der Waals surface area contributed by atoms with Gasteiger partial charge >= 0.3 is 12.1 Å². The van der Waals surface area contributed by atoms with Crippen molar-refractivity contribution in [1.29, 1.82) is 0 Å². The van der Waals surface area contributed by atoms with Gasteiger partial charge < -0.3 is 9.47 Å². The molecule has 156 valence electrons. The smallest absolute Gasteiger partial charge is 0.414 e. The first-order chi connectivity index (χ1) is 14.2. The monoisotopic (exact) mass is 411 g/mol. The van der Waals surface area contributed by atoms with Crippen molar-refractivity contribution in [3.8, 4) is 5.69 Å². The number of carbonyl (C=O) groups excluding carboxylic acids is 2. The van der Waals surface area contributed by atoms with E-state index in [0.29, 0.717) is 11.3 Å². The van der Waals surface area contributed by atoms with E-state index in [1.807, 2.05) is 0 Å². The fraction of sp³-hybridized carbons (Fsp3) is 0.300. The van der Waals surface area contributed by atoms with Crippen LogP contribution >= 0.6 is 0 Å². The van der Waals surface area contributed by atoms with Crippen molar-refractivity contribution in [3.05, 3.63) is 52.7 Å². The molecule has 1 amide bonds. The van der Waals surface area contributed by atoms with Crippen LogP contribution in [0.3, 0.4) is 0 Å². The quantitative estimate of drug-likeness (QED) is 0.650. The second kappa shape index (κ2) is 8.27. The zero-order valence-corrected chi connectivity index (χ0v) is 17.0. The van der Waals surface area contributed by atoms with Gasteiger partial charge in [0.25, 0.3) is 0 Å². The number of esters is 1. The van der Waals surface area contributed by atoms with E-state index in [4.69, 9.17) is 9.47 Å². The molecule has 10 heteroatoms. The van der Waals surface area contributed by atoms with E-state index in [1.54, 1.807) is 39.8 Å². The zero-order valence-electron chi connectivity index (χ0n) is 17.0.